The zero-order chi connectivity index (χ0) is 16.8. The molecule has 2 aliphatic rings. The summed E-state index contributed by atoms with van der Waals surface area (Å²) < 4.78 is 6.50. The van der Waals surface area contributed by atoms with Crippen LogP contribution in [0.4, 0.5) is 5.69 Å². The van der Waals surface area contributed by atoms with Crippen LogP contribution in [0.5, 0.6) is 0 Å². The first-order valence-electron chi connectivity index (χ1n) is 8.90. The van der Waals surface area contributed by atoms with Crippen molar-refractivity contribution >= 4 is 32.5 Å². The van der Waals surface area contributed by atoms with Crippen LogP contribution in [0.15, 0.2) is 39.5 Å². The van der Waals surface area contributed by atoms with Crippen LogP contribution in [0.25, 0.3) is 10.9 Å². The third-order valence-corrected chi connectivity index (χ3v) is 5.76. The van der Waals surface area contributed by atoms with Crippen molar-refractivity contribution in [2.24, 2.45) is 0 Å². The molecule has 0 spiro atoms. The lowest BCUT2D eigenvalue weighted by Gasteiger charge is -2.33. The number of halogens is 1. The summed E-state index contributed by atoms with van der Waals surface area (Å²) in [5.41, 5.74) is 2.30. The Morgan fingerprint density at radius 2 is 1.88 bits per heavy atom. The van der Waals surface area contributed by atoms with Gasteiger partial charge in [-0.1, -0.05) is 21.1 Å². The van der Waals surface area contributed by atoms with Crippen LogP contribution in [0.3, 0.4) is 0 Å². The molecule has 0 radical (unpaired) electrons. The van der Waals surface area contributed by atoms with Crippen molar-refractivity contribution in [1.82, 2.24) is 15.1 Å². The summed E-state index contributed by atoms with van der Waals surface area (Å²) in [6.45, 7) is 2.01. The van der Waals surface area contributed by atoms with Crippen LogP contribution < -0.4 is 4.90 Å². The van der Waals surface area contributed by atoms with Gasteiger partial charge in [0.1, 0.15) is 0 Å². The summed E-state index contributed by atoms with van der Waals surface area (Å²) in [5, 5.41) is 5.45. The van der Waals surface area contributed by atoms with E-state index in [1.54, 1.807) is 0 Å². The number of benzene rings is 1. The molecule has 2 aromatic heterocycles. The van der Waals surface area contributed by atoms with Crippen molar-refractivity contribution < 1.29 is 4.52 Å². The first-order valence-corrected chi connectivity index (χ1v) is 9.70. The van der Waals surface area contributed by atoms with E-state index >= 15 is 0 Å². The Balaban J connectivity index is 1.34. The quantitative estimate of drug-likeness (QED) is 0.642. The monoisotopic (exact) mass is 398 g/mol. The number of rotatable bonds is 3. The maximum Gasteiger partial charge on any atom is 0.229 e. The summed E-state index contributed by atoms with van der Waals surface area (Å²) in [7, 11) is 0. The maximum absolute atomic E-state index is 5.43. The molecule has 3 aromatic rings. The second-order valence-corrected chi connectivity index (χ2v) is 7.93. The topological polar surface area (TPSA) is 55.1 Å². The highest BCUT2D eigenvalue weighted by molar-refractivity contribution is 9.10. The summed E-state index contributed by atoms with van der Waals surface area (Å²) in [4.78, 5) is 11.6. The van der Waals surface area contributed by atoms with E-state index in [2.05, 4.69) is 60.2 Å². The normalized spacial score (nSPS) is 18.8. The first-order chi connectivity index (χ1) is 12.3. The highest BCUT2D eigenvalue weighted by Crippen LogP contribution is 2.40. The molecule has 1 saturated heterocycles. The van der Waals surface area contributed by atoms with Gasteiger partial charge in [-0.15, -0.1) is 0 Å². The van der Waals surface area contributed by atoms with Crippen molar-refractivity contribution in [3.8, 4) is 0 Å². The number of pyridine rings is 1. The van der Waals surface area contributed by atoms with Gasteiger partial charge in [-0.25, -0.2) is 0 Å². The van der Waals surface area contributed by atoms with E-state index in [1.165, 1.54) is 23.9 Å². The van der Waals surface area contributed by atoms with E-state index in [0.717, 1.165) is 47.6 Å². The summed E-state index contributed by atoms with van der Waals surface area (Å²) >= 11 is 3.53. The fourth-order valence-electron chi connectivity index (χ4n) is 3.67. The predicted molar refractivity (Wildman–Crippen MR) is 99.9 cm³/mol. The standard InChI is InChI=1S/C19H19BrN4O/c20-14-3-4-15-16(11-14)21-8-5-17(15)24-9-6-12(7-10-24)18-22-19(25-23-18)13-1-2-13/h3-5,8,11-13H,1-2,6-7,9-10H2. The summed E-state index contributed by atoms with van der Waals surface area (Å²) in [6.07, 6.45) is 6.42. The molecule has 0 N–H and O–H groups in total. The van der Waals surface area contributed by atoms with Crippen LogP contribution in [-0.2, 0) is 0 Å². The third-order valence-electron chi connectivity index (χ3n) is 5.27. The highest BCUT2D eigenvalue weighted by Gasteiger charge is 2.32. The molecule has 0 bridgehead atoms. The number of piperidine rings is 1. The van der Waals surface area contributed by atoms with Crippen molar-refractivity contribution in [1.29, 1.82) is 0 Å². The molecule has 5 rings (SSSR count). The molecule has 1 aliphatic heterocycles. The molecule has 0 amide bonds. The molecule has 6 heteroatoms. The molecular weight excluding hydrogens is 380 g/mol. The molecule has 5 nitrogen and oxygen atoms in total. The molecule has 1 saturated carbocycles. The Morgan fingerprint density at radius 1 is 1.04 bits per heavy atom. The number of anilines is 1. The smallest absolute Gasteiger partial charge is 0.229 e. The summed E-state index contributed by atoms with van der Waals surface area (Å²) in [6, 6.07) is 8.42. The number of aromatic nitrogens is 3. The molecule has 0 atom stereocenters. The molecule has 25 heavy (non-hydrogen) atoms. The number of nitrogens with zero attached hydrogens (tertiary/aromatic N) is 4. The van der Waals surface area contributed by atoms with E-state index in [9.17, 15) is 0 Å². The second kappa shape index (κ2) is 6.09. The largest absolute Gasteiger partial charge is 0.371 e. The fourth-order valence-corrected chi connectivity index (χ4v) is 4.02. The third kappa shape index (κ3) is 2.92. The van der Waals surface area contributed by atoms with Crippen LogP contribution in [-0.4, -0.2) is 28.2 Å². The van der Waals surface area contributed by atoms with Crippen LogP contribution >= 0.6 is 15.9 Å². The Hall–Kier alpha value is -1.95. The fraction of sp³-hybridized carbons (Fsp3) is 0.421. The van der Waals surface area contributed by atoms with Gasteiger partial charge < -0.3 is 9.42 Å². The van der Waals surface area contributed by atoms with E-state index in [-0.39, 0.29) is 0 Å². The molecule has 3 heterocycles. The number of fused-ring (bicyclic) bond motifs is 1. The van der Waals surface area contributed by atoms with E-state index < -0.39 is 0 Å². The van der Waals surface area contributed by atoms with Gasteiger partial charge in [-0.05, 0) is 49.9 Å². The summed E-state index contributed by atoms with van der Waals surface area (Å²) in [5.74, 6) is 2.70. The average Bonchev–Trinajstić information content (AvgIpc) is 3.38. The van der Waals surface area contributed by atoms with Crippen molar-refractivity contribution in [2.75, 3.05) is 18.0 Å². The lowest BCUT2D eigenvalue weighted by molar-refractivity contribution is 0.365. The minimum Gasteiger partial charge on any atom is -0.371 e. The van der Waals surface area contributed by atoms with Gasteiger partial charge in [0.05, 0.1) is 5.52 Å². The first kappa shape index (κ1) is 15.3. The molecule has 1 aromatic carbocycles. The second-order valence-electron chi connectivity index (χ2n) is 7.02. The zero-order valence-electron chi connectivity index (χ0n) is 13.9. The minimum absolute atomic E-state index is 0.412. The van der Waals surface area contributed by atoms with Gasteiger partial charge in [0.2, 0.25) is 5.89 Å². The Morgan fingerprint density at radius 3 is 2.68 bits per heavy atom. The molecule has 1 aliphatic carbocycles. The SMILES string of the molecule is Brc1ccc2c(N3CCC(c4noc(C5CC5)n4)CC3)ccnc2c1. The lowest BCUT2D eigenvalue weighted by Crippen LogP contribution is -2.33. The van der Waals surface area contributed by atoms with E-state index in [4.69, 9.17) is 4.52 Å². The van der Waals surface area contributed by atoms with Gasteiger partial charge >= 0.3 is 0 Å². The molecule has 0 unspecified atom stereocenters. The molecule has 2 fully saturated rings. The van der Waals surface area contributed by atoms with Gasteiger partial charge in [0, 0.05) is 46.7 Å². The molecule has 128 valence electrons. The van der Waals surface area contributed by atoms with E-state index in [0.29, 0.717) is 11.8 Å². The van der Waals surface area contributed by atoms with Crippen LogP contribution in [0.2, 0.25) is 0 Å². The highest BCUT2D eigenvalue weighted by atomic mass is 79.9. The van der Waals surface area contributed by atoms with Gasteiger partial charge in [0.15, 0.2) is 5.82 Å². The van der Waals surface area contributed by atoms with Crippen molar-refractivity contribution in [2.45, 2.75) is 37.5 Å². The predicted octanol–water partition coefficient (Wildman–Crippen LogP) is 4.64. The Labute approximate surface area is 154 Å². The average molecular weight is 399 g/mol. The minimum atomic E-state index is 0.412. The Bertz CT molecular complexity index is 913. The van der Waals surface area contributed by atoms with Gasteiger partial charge in [-0.2, -0.15) is 4.98 Å². The van der Waals surface area contributed by atoms with Crippen molar-refractivity contribution in [3.05, 3.63) is 46.7 Å². The van der Waals surface area contributed by atoms with Crippen molar-refractivity contribution in [3.63, 3.8) is 0 Å². The zero-order valence-corrected chi connectivity index (χ0v) is 15.4. The maximum atomic E-state index is 5.43. The van der Waals surface area contributed by atoms with Gasteiger partial charge in [-0.3, -0.25) is 4.98 Å². The number of hydrogen-bond acceptors (Lipinski definition) is 5. The van der Waals surface area contributed by atoms with E-state index in [1.807, 2.05) is 6.20 Å². The Kier molecular flexibility index (Phi) is 3.73. The van der Waals surface area contributed by atoms with Crippen LogP contribution in [0, 0.1) is 0 Å². The van der Waals surface area contributed by atoms with Gasteiger partial charge in [0.25, 0.3) is 0 Å². The number of hydrogen-bond donors (Lipinski definition) is 0. The molecular formula is C19H19BrN4O. The lowest BCUT2D eigenvalue weighted by atomic mass is 9.95. The van der Waals surface area contributed by atoms with Crippen LogP contribution in [0.1, 0.15) is 49.2 Å².